The Bertz CT molecular complexity index is 557. The molecule has 1 fully saturated rings. The van der Waals surface area contributed by atoms with Gasteiger partial charge in [0.1, 0.15) is 21.3 Å². The van der Waals surface area contributed by atoms with Gasteiger partial charge in [-0.15, -0.1) is 0 Å². The molecule has 0 bridgehead atoms. The third kappa shape index (κ3) is 5.05. The smallest absolute Gasteiger partial charge is 0.150 e. The Balaban J connectivity index is 0.000000178. The Morgan fingerprint density at radius 3 is 1.40 bits per heavy atom. The highest BCUT2D eigenvalue weighted by molar-refractivity contribution is 7.91. The molecule has 1 heterocycles. The maximum Gasteiger partial charge on any atom is 0.150 e. The van der Waals surface area contributed by atoms with Gasteiger partial charge in [-0.05, 0) is 37.1 Å². The first-order valence-electron chi connectivity index (χ1n) is 6.64. The molecule has 1 aliphatic rings. The number of rotatable bonds is 2. The number of sulfone groups is 1. The first-order chi connectivity index (χ1) is 9.66. The molecule has 0 N–H and O–H groups in total. The number of benzene rings is 2. The van der Waals surface area contributed by atoms with E-state index in [1.807, 2.05) is 60.7 Å². The van der Waals surface area contributed by atoms with Crippen molar-refractivity contribution in [3.05, 3.63) is 60.7 Å². The minimum absolute atomic E-state index is 0.424. The van der Waals surface area contributed by atoms with Crippen LogP contribution in [0.1, 0.15) is 12.8 Å². The van der Waals surface area contributed by atoms with Gasteiger partial charge in [-0.2, -0.15) is 0 Å². The normalized spacial score (nSPS) is 16.0. The van der Waals surface area contributed by atoms with Gasteiger partial charge in [0.15, 0.2) is 0 Å². The molecule has 2 aromatic carbocycles. The fraction of sp³-hybridized carbons (Fsp3) is 0.250. The van der Waals surface area contributed by atoms with E-state index in [1.54, 1.807) is 0 Å². The highest BCUT2D eigenvalue weighted by Crippen LogP contribution is 2.19. The highest BCUT2D eigenvalue weighted by Gasteiger charge is 2.16. The van der Waals surface area contributed by atoms with Crippen molar-refractivity contribution in [2.45, 2.75) is 12.8 Å². The predicted molar refractivity (Wildman–Crippen MR) is 80.8 cm³/mol. The summed E-state index contributed by atoms with van der Waals surface area (Å²) in [5.41, 5.74) is 0. The Hall–Kier alpha value is -1.81. The van der Waals surface area contributed by atoms with Crippen LogP contribution < -0.4 is 4.74 Å². The first-order valence-corrected chi connectivity index (χ1v) is 8.46. The highest BCUT2D eigenvalue weighted by atomic mass is 32.2. The minimum atomic E-state index is -2.55. The van der Waals surface area contributed by atoms with Crippen LogP contribution in [0.5, 0.6) is 11.5 Å². The van der Waals surface area contributed by atoms with Crippen LogP contribution in [-0.4, -0.2) is 19.9 Å². The molecule has 3 nitrogen and oxygen atoms in total. The van der Waals surface area contributed by atoms with Gasteiger partial charge < -0.3 is 4.74 Å². The van der Waals surface area contributed by atoms with Crippen molar-refractivity contribution in [3.63, 3.8) is 0 Å². The number of para-hydroxylation sites is 2. The zero-order chi connectivity index (χ0) is 14.3. The lowest BCUT2D eigenvalue weighted by Crippen LogP contribution is -1.98. The average Bonchev–Trinajstić information content (AvgIpc) is 2.86. The summed E-state index contributed by atoms with van der Waals surface area (Å²) in [7, 11) is -2.55. The summed E-state index contributed by atoms with van der Waals surface area (Å²) >= 11 is 0. The van der Waals surface area contributed by atoms with Crippen molar-refractivity contribution in [3.8, 4) is 11.5 Å². The Kier molecular flexibility index (Phi) is 5.18. The van der Waals surface area contributed by atoms with E-state index in [0.717, 1.165) is 24.3 Å². The van der Waals surface area contributed by atoms with Gasteiger partial charge >= 0.3 is 0 Å². The van der Waals surface area contributed by atoms with E-state index < -0.39 is 9.84 Å². The molecule has 0 unspecified atom stereocenters. The van der Waals surface area contributed by atoms with E-state index in [1.165, 1.54) is 0 Å². The SMILES string of the molecule is O=S1(=O)CCCC1.c1ccc(Oc2ccccc2)cc1. The van der Waals surface area contributed by atoms with Crippen LogP contribution in [0.2, 0.25) is 0 Å². The summed E-state index contributed by atoms with van der Waals surface area (Å²) in [6.45, 7) is 0. The lowest BCUT2D eigenvalue weighted by Gasteiger charge is -2.03. The Labute approximate surface area is 120 Å². The molecule has 0 spiro atoms. The summed E-state index contributed by atoms with van der Waals surface area (Å²) in [5.74, 6) is 2.59. The number of hydrogen-bond donors (Lipinski definition) is 0. The summed E-state index contributed by atoms with van der Waals surface area (Å²) in [4.78, 5) is 0. The first kappa shape index (κ1) is 14.6. The number of ether oxygens (including phenoxy) is 1. The monoisotopic (exact) mass is 290 g/mol. The molecule has 3 rings (SSSR count). The van der Waals surface area contributed by atoms with Gasteiger partial charge in [-0.3, -0.25) is 0 Å². The zero-order valence-corrected chi connectivity index (χ0v) is 12.1. The standard InChI is InChI=1S/C12H10O.C4H8O2S/c1-3-7-11(8-4-1)13-12-9-5-2-6-10-12;5-7(6)3-1-2-4-7/h1-10H;1-4H2. The van der Waals surface area contributed by atoms with Crippen LogP contribution >= 0.6 is 0 Å². The summed E-state index contributed by atoms with van der Waals surface area (Å²) < 4.78 is 26.4. The van der Waals surface area contributed by atoms with Gasteiger partial charge in [0.2, 0.25) is 0 Å². The Morgan fingerprint density at radius 1 is 0.700 bits per heavy atom. The molecule has 2 aromatic rings. The van der Waals surface area contributed by atoms with E-state index in [4.69, 9.17) is 4.74 Å². The quantitative estimate of drug-likeness (QED) is 0.847. The largest absolute Gasteiger partial charge is 0.457 e. The minimum Gasteiger partial charge on any atom is -0.457 e. The molecular formula is C16H18O3S. The summed E-state index contributed by atoms with van der Waals surface area (Å²) in [6.07, 6.45) is 1.75. The molecule has 0 atom stereocenters. The summed E-state index contributed by atoms with van der Waals surface area (Å²) in [6, 6.07) is 19.5. The predicted octanol–water partition coefficient (Wildman–Crippen LogP) is 3.67. The van der Waals surface area contributed by atoms with E-state index in [2.05, 4.69) is 0 Å². The Morgan fingerprint density at radius 2 is 1.10 bits per heavy atom. The fourth-order valence-electron chi connectivity index (χ4n) is 1.86. The van der Waals surface area contributed by atoms with Crippen molar-refractivity contribution in [1.29, 1.82) is 0 Å². The molecule has 106 valence electrons. The van der Waals surface area contributed by atoms with Crippen molar-refractivity contribution >= 4 is 9.84 Å². The van der Waals surface area contributed by atoms with Crippen LogP contribution in [0.4, 0.5) is 0 Å². The molecule has 1 aliphatic heterocycles. The molecule has 0 aromatic heterocycles. The second-order valence-electron chi connectivity index (χ2n) is 4.59. The van der Waals surface area contributed by atoms with Crippen molar-refractivity contribution in [2.24, 2.45) is 0 Å². The third-order valence-electron chi connectivity index (χ3n) is 2.88. The van der Waals surface area contributed by atoms with Gasteiger partial charge in [-0.25, -0.2) is 8.42 Å². The molecule has 20 heavy (non-hydrogen) atoms. The topological polar surface area (TPSA) is 43.4 Å². The summed E-state index contributed by atoms with van der Waals surface area (Å²) in [5, 5.41) is 0. The van der Waals surface area contributed by atoms with Gasteiger partial charge in [-0.1, -0.05) is 36.4 Å². The molecule has 0 saturated carbocycles. The maximum atomic E-state index is 10.4. The fourth-order valence-corrected chi connectivity index (χ4v) is 3.35. The molecule has 0 aliphatic carbocycles. The van der Waals surface area contributed by atoms with Crippen LogP contribution in [0.25, 0.3) is 0 Å². The number of hydrogen-bond acceptors (Lipinski definition) is 3. The van der Waals surface area contributed by atoms with Crippen LogP contribution in [0, 0.1) is 0 Å². The zero-order valence-electron chi connectivity index (χ0n) is 11.2. The van der Waals surface area contributed by atoms with Crippen LogP contribution in [0.15, 0.2) is 60.7 Å². The lowest BCUT2D eigenvalue weighted by molar-refractivity contribution is 0.482. The second-order valence-corrected chi connectivity index (χ2v) is 6.89. The lowest BCUT2D eigenvalue weighted by atomic mass is 10.3. The van der Waals surface area contributed by atoms with Gasteiger partial charge in [0, 0.05) is 0 Å². The van der Waals surface area contributed by atoms with E-state index in [9.17, 15) is 8.42 Å². The van der Waals surface area contributed by atoms with E-state index in [0.29, 0.717) is 11.5 Å². The second kappa shape index (κ2) is 7.10. The maximum absolute atomic E-state index is 10.4. The molecular weight excluding hydrogens is 272 g/mol. The van der Waals surface area contributed by atoms with Crippen molar-refractivity contribution < 1.29 is 13.2 Å². The van der Waals surface area contributed by atoms with Gasteiger partial charge in [0.05, 0.1) is 11.5 Å². The molecule has 1 saturated heterocycles. The van der Waals surface area contributed by atoms with Gasteiger partial charge in [0.25, 0.3) is 0 Å². The average molecular weight is 290 g/mol. The van der Waals surface area contributed by atoms with Crippen LogP contribution in [0.3, 0.4) is 0 Å². The van der Waals surface area contributed by atoms with E-state index >= 15 is 0 Å². The van der Waals surface area contributed by atoms with E-state index in [-0.39, 0.29) is 0 Å². The van der Waals surface area contributed by atoms with Crippen LogP contribution in [-0.2, 0) is 9.84 Å². The molecule has 0 amide bonds. The van der Waals surface area contributed by atoms with Crippen molar-refractivity contribution in [2.75, 3.05) is 11.5 Å². The molecule has 0 radical (unpaired) electrons. The van der Waals surface area contributed by atoms with Crippen molar-refractivity contribution in [1.82, 2.24) is 0 Å². The third-order valence-corrected chi connectivity index (χ3v) is 4.70. The molecule has 4 heteroatoms.